The van der Waals surface area contributed by atoms with Crippen LogP contribution in [-0.4, -0.2) is 96.0 Å². The van der Waals surface area contributed by atoms with Crippen molar-refractivity contribution < 1.29 is 58.6 Å². The molecule has 0 radical (unpaired) electrons. The maximum Gasteiger partial charge on any atom is 0.334 e. The summed E-state index contributed by atoms with van der Waals surface area (Å²) in [4.78, 5) is 53.4. The number of fused-ring (bicyclic) bond motifs is 3. The Bertz CT molecular complexity index is 1350. The van der Waals surface area contributed by atoms with E-state index < -0.39 is 98.8 Å². The third-order valence-corrected chi connectivity index (χ3v) is 11.7. The molecule has 2 saturated carbocycles. The molecule has 4 saturated heterocycles. The van der Waals surface area contributed by atoms with Crippen LogP contribution in [0.1, 0.15) is 66.7 Å². The fourth-order valence-electron chi connectivity index (χ4n) is 10.1. The normalized spacial score (nSPS) is 56.8. The maximum absolute atomic E-state index is 14.4. The highest BCUT2D eigenvalue weighted by molar-refractivity contribution is 6.01. The lowest BCUT2D eigenvalue weighted by Crippen LogP contribution is -2.67. The number of esters is 2. The monoisotopic (exact) mass is 576 g/mol. The van der Waals surface area contributed by atoms with Crippen molar-refractivity contribution in [2.45, 2.75) is 119 Å². The molecule has 0 aromatic rings. The van der Waals surface area contributed by atoms with Gasteiger partial charge in [-0.15, -0.1) is 0 Å². The molecule has 12 atom stereocenters. The lowest BCUT2D eigenvalue weighted by molar-refractivity contribution is -0.298. The van der Waals surface area contributed by atoms with E-state index in [1.54, 1.807) is 0 Å². The largest absolute Gasteiger partial charge is 0.456 e. The summed E-state index contributed by atoms with van der Waals surface area (Å²) >= 11 is 0. The lowest BCUT2D eigenvalue weighted by atomic mass is 9.61. The molecule has 224 valence electrons. The second-order valence-electron chi connectivity index (χ2n) is 14.3. The van der Waals surface area contributed by atoms with Crippen LogP contribution < -0.4 is 0 Å². The highest BCUT2D eigenvalue weighted by atomic mass is 16.7. The van der Waals surface area contributed by atoms with Crippen LogP contribution in [0.2, 0.25) is 0 Å². The van der Waals surface area contributed by atoms with Crippen molar-refractivity contribution in [3.8, 4) is 0 Å². The Labute approximate surface area is 236 Å². The summed E-state index contributed by atoms with van der Waals surface area (Å²) in [5.41, 5.74) is -10.5. The number of cyclic esters (lactones) is 1. The molecule has 4 N–H and O–H groups in total. The zero-order valence-electron chi connectivity index (χ0n) is 23.6. The molecule has 41 heavy (non-hydrogen) atoms. The van der Waals surface area contributed by atoms with Gasteiger partial charge >= 0.3 is 11.9 Å². The van der Waals surface area contributed by atoms with Crippen LogP contribution in [0.4, 0.5) is 0 Å². The molecule has 0 unspecified atom stereocenters. The van der Waals surface area contributed by atoms with E-state index in [0.29, 0.717) is 0 Å². The van der Waals surface area contributed by atoms with Crippen LogP contribution >= 0.6 is 0 Å². The van der Waals surface area contributed by atoms with Gasteiger partial charge in [-0.05, 0) is 53.0 Å². The predicted octanol–water partition coefficient (Wildman–Crippen LogP) is -0.384. The molecule has 12 nitrogen and oxygen atoms in total. The van der Waals surface area contributed by atoms with Crippen molar-refractivity contribution in [2.24, 2.45) is 23.2 Å². The van der Waals surface area contributed by atoms with Crippen LogP contribution in [0.5, 0.6) is 0 Å². The number of ether oxygens (including phenoxy) is 4. The van der Waals surface area contributed by atoms with Gasteiger partial charge < -0.3 is 39.4 Å². The molecule has 12 heteroatoms. The predicted molar refractivity (Wildman–Crippen MR) is 133 cm³/mol. The first-order valence-electron chi connectivity index (χ1n) is 14.2. The van der Waals surface area contributed by atoms with Crippen LogP contribution in [0.15, 0.2) is 11.6 Å². The van der Waals surface area contributed by atoms with Gasteiger partial charge in [0.05, 0.1) is 35.6 Å². The molecule has 0 amide bonds. The molecule has 2 bridgehead atoms. The molecular weight excluding hydrogens is 540 g/mol. The van der Waals surface area contributed by atoms with E-state index in [1.165, 1.54) is 19.9 Å². The minimum atomic E-state index is -2.87. The number of hydrogen-bond donors (Lipinski definition) is 4. The van der Waals surface area contributed by atoms with Crippen molar-refractivity contribution in [1.29, 1.82) is 0 Å². The van der Waals surface area contributed by atoms with Crippen molar-refractivity contribution in [1.82, 2.24) is 0 Å². The highest BCUT2D eigenvalue weighted by Crippen LogP contribution is 2.70. The molecule has 7 aliphatic rings. The average Bonchev–Trinajstić information content (AvgIpc) is 3.46. The van der Waals surface area contributed by atoms with E-state index in [9.17, 15) is 39.6 Å². The average molecular weight is 577 g/mol. The van der Waals surface area contributed by atoms with Gasteiger partial charge in [0.2, 0.25) is 11.6 Å². The fraction of sp³-hybridized carbons (Fsp3) is 0.793. The zero-order chi connectivity index (χ0) is 29.9. The summed E-state index contributed by atoms with van der Waals surface area (Å²) < 4.78 is 24.1. The summed E-state index contributed by atoms with van der Waals surface area (Å²) in [5.74, 6) is -9.46. The van der Waals surface area contributed by atoms with Gasteiger partial charge in [0.25, 0.3) is 0 Å². The molecule has 5 heterocycles. The smallest absolute Gasteiger partial charge is 0.334 e. The van der Waals surface area contributed by atoms with Crippen LogP contribution in [0, 0.1) is 23.2 Å². The molecule has 0 aromatic carbocycles. The molecule has 2 aliphatic carbocycles. The number of carbonyl (C=O) groups is 4. The summed E-state index contributed by atoms with van der Waals surface area (Å²) in [6, 6.07) is 0. The van der Waals surface area contributed by atoms with E-state index >= 15 is 0 Å². The second-order valence-corrected chi connectivity index (χ2v) is 14.3. The van der Waals surface area contributed by atoms with Crippen molar-refractivity contribution in [3.05, 3.63) is 11.6 Å². The van der Waals surface area contributed by atoms with Gasteiger partial charge in [0, 0.05) is 23.3 Å². The summed E-state index contributed by atoms with van der Waals surface area (Å²) in [5, 5.41) is 47.9. The van der Waals surface area contributed by atoms with E-state index in [2.05, 4.69) is 0 Å². The minimum Gasteiger partial charge on any atom is -0.456 e. The summed E-state index contributed by atoms with van der Waals surface area (Å²) in [7, 11) is 0. The van der Waals surface area contributed by atoms with Crippen LogP contribution in [0.3, 0.4) is 0 Å². The number of carbonyl (C=O) groups excluding carboxylic acids is 4. The van der Waals surface area contributed by atoms with E-state index in [1.807, 2.05) is 13.8 Å². The Kier molecular flexibility index (Phi) is 5.02. The second kappa shape index (κ2) is 7.46. The zero-order valence-corrected chi connectivity index (χ0v) is 23.6. The Morgan fingerprint density at radius 1 is 1.00 bits per heavy atom. The Morgan fingerprint density at radius 2 is 1.68 bits per heavy atom. The van der Waals surface area contributed by atoms with E-state index in [0.717, 1.165) is 6.92 Å². The Balaban J connectivity index is 1.41. The molecule has 6 fully saturated rings. The molecule has 7 rings (SSSR count). The number of hydrogen-bond acceptors (Lipinski definition) is 12. The topological polar surface area (TPSA) is 186 Å². The number of ketones is 2. The number of Topliss-reactive ketones (excluding diaryl/α,β-unsaturated/α-hetero) is 2. The fourth-order valence-corrected chi connectivity index (χ4v) is 10.1. The minimum absolute atomic E-state index is 0.0133. The number of aliphatic hydroxyl groups excluding tert-OH is 1. The van der Waals surface area contributed by atoms with Gasteiger partial charge in [-0.2, -0.15) is 0 Å². The van der Waals surface area contributed by atoms with Crippen LogP contribution in [-0.2, 0) is 38.1 Å². The quantitative estimate of drug-likeness (QED) is 0.297. The highest BCUT2D eigenvalue weighted by Gasteiger charge is 2.86. The lowest BCUT2D eigenvalue weighted by Gasteiger charge is -2.46. The third-order valence-electron chi connectivity index (χ3n) is 11.7. The molecule has 2 spiro atoms. The van der Waals surface area contributed by atoms with Gasteiger partial charge in [-0.1, -0.05) is 6.92 Å². The molecule has 5 aliphatic heterocycles. The van der Waals surface area contributed by atoms with Gasteiger partial charge in [-0.3, -0.25) is 14.4 Å². The van der Waals surface area contributed by atoms with Gasteiger partial charge in [0.1, 0.15) is 17.3 Å². The molecule has 0 aromatic heterocycles. The number of aliphatic hydroxyl groups is 4. The first kappa shape index (κ1) is 27.6. The van der Waals surface area contributed by atoms with Crippen LogP contribution in [0.25, 0.3) is 0 Å². The Morgan fingerprint density at radius 3 is 2.32 bits per heavy atom. The number of rotatable bonds is 1. The first-order chi connectivity index (χ1) is 18.8. The summed E-state index contributed by atoms with van der Waals surface area (Å²) in [6.45, 7) is 7.66. The summed E-state index contributed by atoms with van der Waals surface area (Å²) in [6.07, 6.45) is -2.51. The van der Waals surface area contributed by atoms with Crippen molar-refractivity contribution in [3.63, 3.8) is 0 Å². The van der Waals surface area contributed by atoms with Gasteiger partial charge in [-0.25, -0.2) is 4.79 Å². The molecular formula is C29H36O12. The third kappa shape index (κ3) is 2.87. The maximum atomic E-state index is 14.4. The standard InChI is InChI=1S/C29H36O12/c1-12-8-16(38-20(12)33)28(36)21-24(4,22(34)25(28,5)35)6-7-26-11-27-14(23(2,3)39-15(27)10-17(31)40-27)9-13(30)18(26)19(32)29(21,37)41-26/h8,13-16,18,21,30,35-37H,6-7,9-11H2,1-5H3/t13-,14+,15-,16+,18+,21-,24+,25+,26+,27-,28+,29-/m1/s1. The van der Waals surface area contributed by atoms with E-state index in [4.69, 9.17) is 18.9 Å². The van der Waals surface area contributed by atoms with Crippen molar-refractivity contribution in [2.75, 3.05) is 0 Å². The van der Waals surface area contributed by atoms with E-state index in [-0.39, 0.29) is 37.7 Å². The van der Waals surface area contributed by atoms with Gasteiger partial charge in [0.15, 0.2) is 17.5 Å². The van der Waals surface area contributed by atoms with Crippen molar-refractivity contribution >= 4 is 23.5 Å². The Hall–Kier alpha value is -2.22. The first-order valence-corrected chi connectivity index (χ1v) is 14.2. The SMILES string of the molecule is CC1=C[C@@H]([C@]2(O)[C@H]3[C@](C)(CC[C@]45C[C@]67OC(=O)C[C@H]6OC(C)(C)[C@@H]7C[C@@H](O)[C@H]4C(=O)[C@@]3(O)O5)C(=O)[C@]2(C)O)OC1=O.